The normalized spacial score (nSPS) is 14.1. The molecule has 0 aliphatic carbocycles. The number of aromatic nitrogens is 1. The molecule has 4 rings (SSSR count). The molecule has 0 saturated heterocycles. The van der Waals surface area contributed by atoms with Crippen LogP contribution in [0.4, 0.5) is 4.39 Å². The number of rotatable bonds is 1. The van der Waals surface area contributed by atoms with Crippen molar-refractivity contribution in [1.29, 1.82) is 0 Å². The molecule has 1 aliphatic rings. The standard InChI is InChI=1S/C18H15FN2OS/c1-11-8-15(14-3-2-13(19)9-16(14)20-11)18(22)21-6-4-17-12(10-21)5-7-23-17/h2-3,5,7-9H,4,6,10H2,1H3. The van der Waals surface area contributed by atoms with E-state index in [2.05, 4.69) is 16.4 Å². The Morgan fingerprint density at radius 2 is 2.17 bits per heavy atom. The zero-order valence-corrected chi connectivity index (χ0v) is 13.5. The molecule has 2 aromatic heterocycles. The Balaban J connectivity index is 1.76. The van der Waals surface area contributed by atoms with Gasteiger partial charge in [0.05, 0.1) is 11.1 Å². The van der Waals surface area contributed by atoms with E-state index in [1.54, 1.807) is 23.5 Å². The maximum absolute atomic E-state index is 13.5. The average Bonchev–Trinajstić information content (AvgIpc) is 3.00. The van der Waals surface area contributed by atoms with Gasteiger partial charge in [-0.1, -0.05) is 0 Å². The second-order valence-electron chi connectivity index (χ2n) is 5.82. The first-order valence-electron chi connectivity index (χ1n) is 7.53. The number of hydrogen-bond acceptors (Lipinski definition) is 3. The fourth-order valence-corrected chi connectivity index (χ4v) is 3.99. The number of pyridine rings is 1. The first-order chi connectivity index (χ1) is 11.1. The number of fused-ring (bicyclic) bond motifs is 2. The lowest BCUT2D eigenvalue weighted by atomic mass is 10.0. The van der Waals surface area contributed by atoms with Crippen LogP contribution in [0.3, 0.4) is 0 Å². The van der Waals surface area contributed by atoms with Crippen molar-refractivity contribution in [3.05, 3.63) is 63.2 Å². The van der Waals surface area contributed by atoms with Gasteiger partial charge in [0.25, 0.3) is 5.91 Å². The molecular weight excluding hydrogens is 311 g/mol. The Morgan fingerprint density at radius 3 is 3.04 bits per heavy atom. The Morgan fingerprint density at radius 1 is 1.30 bits per heavy atom. The van der Waals surface area contributed by atoms with Crippen molar-refractivity contribution in [3.8, 4) is 0 Å². The molecule has 0 fully saturated rings. The predicted octanol–water partition coefficient (Wildman–Crippen LogP) is 3.94. The third kappa shape index (κ3) is 2.51. The summed E-state index contributed by atoms with van der Waals surface area (Å²) in [5, 5.41) is 2.78. The van der Waals surface area contributed by atoms with Gasteiger partial charge in [-0.15, -0.1) is 11.3 Å². The number of halogens is 1. The highest BCUT2D eigenvalue weighted by Gasteiger charge is 2.24. The fraction of sp³-hybridized carbons (Fsp3) is 0.222. The summed E-state index contributed by atoms with van der Waals surface area (Å²) in [5.74, 6) is -0.348. The van der Waals surface area contributed by atoms with Crippen molar-refractivity contribution >= 4 is 28.1 Å². The first-order valence-corrected chi connectivity index (χ1v) is 8.41. The SMILES string of the molecule is Cc1cc(C(=O)N2CCc3sccc3C2)c2ccc(F)cc2n1. The lowest BCUT2D eigenvalue weighted by Gasteiger charge is -2.27. The summed E-state index contributed by atoms with van der Waals surface area (Å²) in [4.78, 5) is 20.6. The van der Waals surface area contributed by atoms with E-state index in [1.165, 1.54) is 22.6 Å². The minimum Gasteiger partial charge on any atom is -0.334 e. The molecule has 0 spiro atoms. The molecule has 0 unspecified atom stereocenters. The molecule has 0 N–H and O–H groups in total. The summed E-state index contributed by atoms with van der Waals surface area (Å²) >= 11 is 1.75. The van der Waals surface area contributed by atoms with Gasteiger partial charge in [-0.25, -0.2) is 4.39 Å². The van der Waals surface area contributed by atoms with E-state index in [0.717, 1.165) is 18.7 Å². The van der Waals surface area contributed by atoms with Crippen molar-refractivity contribution in [2.75, 3.05) is 6.54 Å². The predicted molar refractivity (Wildman–Crippen MR) is 89.2 cm³/mol. The van der Waals surface area contributed by atoms with Gasteiger partial charge in [0.1, 0.15) is 5.82 Å². The van der Waals surface area contributed by atoms with Crippen molar-refractivity contribution in [1.82, 2.24) is 9.88 Å². The Kier molecular flexibility index (Phi) is 3.38. The zero-order chi connectivity index (χ0) is 16.0. The van der Waals surface area contributed by atoms with E-state index in [1.807, 2.05) is 11.8 Å². The van der Waals surface area contributed by atoms with Gasteiger partial charge >= 0.3 is 0 Å². The topological polar surface area (TPSA) is 33.2 Å². The molecule has 0 bridgehead atoms. The van der Waals surface area contributed by atoms with Crippen LogP contribution < -0.4 is 0 Å². The van der Waals surface area contributed by atoms with Crippen LogP contribution in [0.1, 0.15) is 26.5 Å². The Labute approximate surface area is 137 Å². The van der Waals surface area contributed by atoms with E-state index < -0.39 is 0 Å². The van der Waals surface area contributed by atoms with E-state index in [-0.39, 0.29) is 11.7 Å². The van der Waals surface area contributed by atoms with Crippen LogP contribution in [0.25, 0.3) is 10.9 Å². The van der Waals surface area contributed by atoms with Crippen LogP contribution >= 0.6 is 11.3 Å². The number of nitrogens with zero attached hydrogens (tertiary/aromatic N) is 2. The molecule has 1 amide bonds. The monoisotopic (exact) mass is 326 g/mol. The number of benzene rings is 1. The third-order valence-corrected chi connectivity index (χ3v) is 5.25. The largest absolute Gasteiger partial charge is 0.334 e. The minimum atomic E-state index is -0.338. The van der Waals surface area contributed by atoms with Gasteiger partial charge in [0, 0.05) is 35.1 Å². The van der Waals surface area contributed by atoms with E-state index in [0.29, 0.717) is 23.0 Å². The molecule has 23 heavy (non-hydrogen) atoms. The smallest absolute Gasteiger partial charge is 0.254 e. The molecule has 116 valence electrons. The lowest BCUT2D eigenvalue weighted by molar-refractivity contribution is 0.0737. The Hall–Kier alpha value is -2.27. The maximum atomic E-state index is 13.5. The molecule has 1 aromatic carbocycles. The highest BCUT2D eigenvalue weighted by molar-refractivity contribution is 7.10. The number of hydrogen-bond donors (Lipinski definition) is 0. The second-order valence-corrected chi connectivity index (χ2v) is 6.82. The van der Waals surface area contributed by atoms with Gasteiger partial charge in [-0.3, -0.25) is 9.78 Å². The molecule has 0 saturated carbocycles. The molecule has 3 aromatic rings. The highest BCUT2D eigenvalue weighted by atomic mass is 32.1. The molecule has 3 heterocycles. The summed E-state index contributed by atoms with van der Waals surface area (Å²) < 4.78 is 13.5. The number of thiophene rings is 1. The summed E-state index contributed by atoms with van der Waals surface area (Å²) in [7, 11) is 0. The summed E-state index contributed by atoms with van der Waals surface area (Å²) in [5.41, 5.74) is 3.09. The second kappa shape index (κ2) is 5.42. The number of carbonyl (C=O) groups is 1. The number of aryl methyl sites for hydroxylation is 1. The van der Waals surface area contributed by atoms with Gasteiger partial charge in [-0.05, 0) is 48.6 Å². The molecule has 0 radical (unpaired) electrons. The highest BCUT2D eigenvalue weighted by Crippen LogP contribution is 2.27. The number of carbonyl (C=O) groups excluding carboxylic acids is 1. The van der Waals surface area contributed by atoms with Crippen molar-refractivity contribution in [2.24, 2.45) is 0 Å². The lowest BCUT2D eigenvalue weighted by Crippen LogP contribution is -2.35. The first kappa shape index (κ1) is 14.3. The minimum absolute atomic E-state index is 0.0102. The molecule has 3 nitrogen and oxygen atoms in total. The van der Waals surface area contributed by atoms with Crippen LogP contribution in [0.2, 0.25) is 0 Å². The third-order valence-electron chi connectivity index (χ3n) is 4.23. The fourth-order valence-electron chi connectivity index (χ4n) is 3.10. The average molecular weight is 326 g/mol. The molecular formula is C18H15FN2OS. The van der Waals surface area contributed by atoms with Crippen LogP contribution in [0, 0.1) is 12.7 Å². The van der Waals surface area contributed by atoms with Gasteiger partial charge in [0.15, 0.2) is 0 Å². The van der Waals surface area contributed by atoms with E-state index in [9.17, 15) is 9.18 Å². The van der Waals surface area contributed by atoms with Crippen LogP contribution in [0.15, 0.2) is 35.7 Å². The number of amides is 1. The summed E-state index contributed by atoms with van der Waals surface area (Å²) in [6, 6.07) is 8.29. The van der Waals surface area contributed by atoms with E-state index in [4.69, 9.17) is 0 Å². The van der Waals surface area contributed by atoms with Gasteiger partial charge < -0.3 is 4.90 Å². The van der Waals surface area contributed by atoms with Gasteiger partial charge in [0.2, 0.25) is 0 Å². The van der Waals surface area contributed by atoms with Crippen LogP contribution in [-0.2, 0) is 13.0 Å². The van der Waals surface area contributed by atoms with Crippen molar-refractivity contribution in [2.45, 2.75) is 19.9 Å². The van der Waals surface area contributed by atoms with Gasteiger partial charge in [-0.2, -0.15) is 0 Å². The maximum Gasteiger partial charge on any atom is 0.254 e. The Bertz CT molecular complexity index is 913. The van der Waals surface area contributed by atoms with E-state index >= 15 is 0 Å². The quantitative estimate of drug-likeness (QED) is 0.678. The molecule has 1 aliphatic heterocycles. The van der Waals surface area contributed by atoms with Crippen molar-refractivity contribution in [3.63, 3.8) is 0 Å². The molecule has 5 heteroatoms. The van der Waals surface area contributed by atoms with Crippen LogP contribution in [-0.4, -0.2) is 22.3 Å². The van der Waals surface area contributed by atoms with Crippen LogP contribution in [0.5, 0.6) is 0 Å². The summed E-state index contributed by atoms with van der Waals surface area (Å²) in [6.07, 6.45) is 0.898. The zero-order valence-electron chi connectivity index (χ0n) is 12.7. The van der Waals surface area contributed by atoms with Crippen molar-refractivity contribution < 1.29 is 9.18 Å². The summed E-state index contributed by atoms with van der Waals surface area (Å²) in [6.45, 7) is 3.19. The molecule has 0 atom stereocenters.